The molecular formula is C14H17BrN2O3. The van der Waals surface area contributed by atoms with Crippen LogP contribution in [-0.4, -0.2) is 27.6 Å². The minimum absolute atomic E-state index is 0.174. The zero-order valence-corrected chi connectivity index (χ0v) is 12.9. The van der Waals surface area contributed by atoms with Crippen molar-refractivity contribution in [3.63, 3.8) is 0 Å². The number of hydrogen-bond donors (Lipinski definition) is 2. The van der Waals surface area contributed by atoms with Crippen LogP contribution in [0.5, 0.6) is 0 Å². The Kier molecular flexibility index (Phi) is 4.32. The molecule has 5 nitrogen and oxygen atoms in total. The summed E-state index contributed by atoms with van der Waals surface area (Å²) >= 11 is 3.37. The molecule has 6 heteroatoms. The average molecular weight is 341 g/mol. The van der Waals surface area contributed by atoms with Gasteiger partial charge in [0.2, 0.25) is 0 Å². The Labute approximate surface area is 125 Å². The van der Waals surface area contributed by atoms with Crippen LogP contribution in [-0.2, 0) is 4.79 Å². The van der Waals surface area contributed by atoms with E-state index in [9.17, 15) is 9.59 Å². The molecule has 108 valence electrons. The van der Waals surface area contributed by atoms with Gasteiger partial charge in [-0.1, -0.05) is 12.2 Å². The number of nitrogens with one attached hydrogen (secondary N) is 1. The van der Waals surface area contributed by atoms with Gasteiger partial charge in [0.25, 0.3) is 5.91 Å². The maximum Gasteiger partial charge on any atom is 0.310 e. The van der Waals surface area contributed by atoms with Gasteiger partial charge in [0, 0.05) is 22.8 Å². The normalized spacial score (nSPS) is 21.4. The maximum absolute atomic E-state index is 12.3. The topological polar surface area (TPSA) is 71.3 Å². The number of carbonyl (C=O) groups excluding carboxylic acids is 1. The van der Waals surface area contributed by atoms with E-state index < -0.39 is 11.9 Å². The Morgan fingerprint density at radius 2 is 2.15 bits per heavy atom. The number of carboxylic acids is 1. The summed E-state index contributed by atoms with van der Waals surface area (Å²) in [6.07, 6.45) is 5.65. The minimum Gasteiger partial charge on any atom is -0.481 e. The molecule has 1 aromatic heterocycles. The van der Waals surface area contributed by atoms with Gasteiger partial charge in [-0.25, -0.2) is 0 Å². The molecule has 2 atom stereocenters. The number of amides is 1. The van der Waals surface area contributed by atoms with E-state index in [4.69, 9.17) is 5.11 Å². The highest BCUT2D eigenvalue weighted by atomic mass is 79.9. The largest absolute Gasteiger partial charge is 0.481 e. The number of rotatable bonds is 4. The summed E-state index contributed by atoms with van der Waals surface area (Å²) in [6.45, 7) is 4.00. The molecule has 0 saturated carbocycles. The Hall–Kier alpha value is -1.56. The van der Waals surface area contributed by atoms with Crippen molar-refractivity contribution in [2.24, 2.45) is 5.92 Å². The zero-order chi connectivity index (χ0) is 14.9. The van der Waals surface area contributed by atoms with E-state index in [-0.39, 0.29) is 18.0 Å². The van der Waals surface area contributed by atoms with Crippen molar-refractivity contribution in [2.45, 2.75) is 32.4 Å². The van der Waals surface area contributed by atoms with E-state index in [0.717, 1.165) is 4.47 Å². The van der Waals surface area contributed by atoms with E-state index >= 15 is 0 Å². The van der Waals surface area contributed by atoms with Gasteiger partial charge in [0.1, 0.15) is 5.69 Å². The van der Waals surface area contributed by atoms with Crippen molar-refractivity contribution < 1.29 is 14.7 Å². The third kappa shape index (κ3) is 3.12. The molecule has 1 aromatic rings. The summed E-state index contributed by atoms with van der Waals surface area (Å²) < 4.78 is 2.73. The van der Waals surface area contributed by atoms with Gasteiger partial charge in [-0.05, 0) is 42.3 Å². The van der Waals surface area contributed by atoms with Gasteiger partial charge < -0.3 is 15.0 Å². The molecule has 20 heavy (non-hydrogen) atoms. The first-order valence-corrected chi connectivity index (χ1v) is 7.27. The lowest BCUT2D eigenvalue weighted by Gasteiger charge is -2.15. The Morgan fingerprint density at radius 3 is 2.70 bits per heavy atom. The minimum atomic E-state index is -0.855. The van der Waals surface area contributed by atoms with Crippen molar-refractivity contribution >= 4 is 27.8 Å². The number of aromatic nitrogens is 1. The molecule has 1 aliphatic carbocycles. The van der Waals surface area contributed by atoms with Crippen LogP contribution in [0.4, 0.5) is 0 Å². The molecule has 1 aliphatic rings. The van der Waals surface area contributed by atoms with Crippen molar-refractivity contribution in [3.05, 3.63) is 34.6 Å². The second-order valence-corrected chi connectivity index (χ2v) is 6.11. The summed E-state index contributed by atoms with van der Waals surface area (Å²) in [6, 6.07) is 1.72. The van der Waals surface area contributed by atoms with Gasteiger partial charge in [-0.2, -0.15) is 0 Å². The van der Waals surface area contributed by atoms with Crippen LogP contribution in [0, 0.1) is 5.92 Å². The van der Waals surface area contributed by atoms with E-state index in [1.807, 2.05) is 24.6 Å². The zero-order valence-electron chi connectivity index (χ0n) is 11.3. The highest BCUT2D eigenvalue weighted by molar-refractivity contribution is 9.10. The van der Waals surface area contributed by atoms with Crippen LogP contribution in [0.15, 0.2) is 28.9 Å². The molecule has 2 unspecified atom stereocenters. The molecule has 1 heterocycles. The summed E-state index contributed by atoms with van der Waals surface area (Å²) in [7, 11) is 0. The first-order valence-electron chi connectivity index (χ1n) is 6.48. The van der Waals surface area contributed by atoms with Crippen LogP contribution in [0.25, 0.3) is 0 Å². The van der Waals surface area contributed by atoms with Crippen molar-refractivity contribution in [2.75, 3.05) is 0 Å². The number of aliphatic carboxylic acids is 1. The molecule has 1 amide bonds. The van der Waals surface area contributed by atoms with E-state index in [1.165, 1.54) is 0 Å². The molecule has 0 radical (unpaired) electrons. The Balaban J connectivity index is 2.07. The summed E-state index contributed by atoms with van der Waals surface area (Å²) in [5.41, 5.74) is 0.569. The first kappa shape index (κ1) is 14.8. The van der Waals surface area contributed by atoms with Crippen molar-refractivity contribution in [1.29, 1.82) is 0 Å². The quantitative estimate of drug-likeness (QED) is 0.827. The Bertz CT molecular complexity index is 563. The molecule has 0 spiro atoms. The van der Waals surface area contributed by atoms with E-state index in [2.05, 4.69) is 21.2 Å². The van der Waals surface area contributed by atoms with E-state index in [0.29, 0.717) is 12.1 Å². The van der Waals surface area contributed by atoms with Gasteiger partial charge >= 0.3 is 5.97 Å². The number of nitrogens with zero attached hydrogens (tertiary/aromatic N) is 1. The van der Waals surface area contributed by atoms with Gasteiger partial charge in [0.05, 0.1) is 5.92 Å². The predicted octanol–water partition coefficient (Wildman–Crippen LogP) is 2.59. The number of carbonyl (C=O) groups is 2. The predicted molar refractivity (Wildman–Crippen MR) is 78.7 cm³/mol. The number of hydrogen-bond acceptors (Lipinski definition) is 2. The monoisotopic (exact) mass is 340 g/mol. The van der Waals surface area contributed by atoms with Crippen LogP contribution in [0.1, 0.15) is 36.8 Å². The molecule has 0 aromatic carbocycles. The van der Waals surface area contributed by atoms with Gasteiger partial charge in [-0.3, -0.25) is 9.59 Å². The summed E-state index contributed by atoms with van der Waals surface area (Å²) in [4.78, 5) is 23.2. The summed E-state index contributed by atoms with van der Waals surface area (Å²) in [5.74, 6) is -1.56. The molecular weight excluding hydrogens is 324 g/mol. The second kappa shape index (κ2) is 5.83. The molecule has 0 aliphatic heterocycles. The highest BCUT2D eigenvalue weighted by Crippen LogP contribution is 2.21. The molecule has 0 saturated heterocycles. The highest BCUT2D eigenvalue weighted by Gasteiger charge is 2.26. The lowest BCUT2D eigenvalue weighted by atomic mass is 10.1. The average Bonchev–Trinajstić information content (AvgIpc) is 2.95. The SMILES string of the molecule is CC(C)n1cc(Br)cc1C(=O)NC1C=CC(C(=O)O)C1. The Morgan fingerprint density at radius 1 is 1.45 bits per heavy atom. The van der Waals surface area contributed by atoms with Crippen LogP contribution in [0.2, 0.25) is 0 Å². The van der Waals surface area contributed by atoms with Gasteiger partial charge in [0.15, 0.2) is 0 Å². The third-order valence-corrected chi connectivity index (χ3v) is 3.76. The fraction of sp³-hybridized carbons (Fsp3) is 0.429. The molecule has 0 bridgehead atoms. The maximum atomic E-state index is 12.3. The lowest BCUT2D eigenvalue weighted by molar-refractivity contribution is -0.140. The number of carboxylic acid groups (broad SMARTS) is 1. The molecule has 2 rings (SSSR count). The third-order valence-electron chi connectivity index (χ3n) is 3.32. The lowest BCUT2D eigenvalue weighted by Crippen LogP contribution is -2.34. The van der Waals surface area contributed by atoms with Crippen LogP contribution >= 0.6 is 15.9 Å². The van der Waals surface area contributed by atoms with E-state index in [1.54, 1.807) is 18.2 Å². The fourth-order valence-electron chi connectivity index (χ4n) is 2.29. The van der Waals surface area contributed by atoms with Crippen LogP contribution in [0.3, 0.4) is 0 Å². The molecule has 0 fully saturated rings. The van der Waals surface area contributed by atoms with Crippen molar-refractivity contribution in [3.8, 4) is 0 Å². The number of halogens is 1. The second-order valence-electron chi connectivity index (χ2n) is 5.19. The first-order chi connectivity index (χ1) is 9.38. The van der Waals surface area contributed by atoms with Crippen LogP contribution < -0.4 is 5.32 Å². The standard InChI is InChI=1S/C14H17BrN2O3/c1-8(2)17-7-10(15)6-12(17)13(18)16-11-4-3-9(5-11)14(19)20/h3-4,6-9,11H,5H2,1-2H3,(H,16,18)(H,19,20). The van der Waals surface area contributed by atoms with Gasteiger partial charge in [-0.15, -0.1) is 0 Å². The smallest absolute Gasteiger partial charge is 0.310 e. The fourth-order valence-corrected chi connectivity index (χ4v) is 2.72. The van der Waals surface area contributed by atoms with Crippen molar-refractivity contribution in [1.82, 2.24) is 9.88 Å². The summed E-state index contributed by atoms with van der Waals surface area (Å²) in [5, 5.41) is 11.8. The molecule has 2 N–H and O–H groups in total.